The molecule has 2 aliphatic heterocycles. The molecule has 0 spiro atoms. The summed E-state index contributed by atoms with van der Waals surface area (Å²) < 4.78 is 105. The number of carbonyl (C=O) groups is 3. The molecule has 2 saturated heterocycles. The standard InChI is InChI=1S/C18H21F3N4O2.C14H19NOS.C13H12F5N3O.C13H17NOS.C3H8.2C2H6.H2/c1-3-16(26)23-14-6-4-5-12(11-14)17(22-2)25-24-13-7-9-15(10-8-13)27-18(19,20)21;1-4-14-15(13(16)9-17-14)12-8-6-5-7-11(12)10(2)3;1-3-4-11(19-2)21-20-9-5-7-10(8-6-9)22-13(17,18)12(14,15)16;1-9(2)11-6-4-5-7-12(11)14-10(3)16-8-13(14)15;1-3-2;2*1-2;/h7-11,14,24H,2-6H2,1H3,(H,23,26);5-8,10,14H,4,9H2,1-3H3;3-8,20H,2H2,1H3;4-7,9-10H,8H2,1-3H3;3H2,1-2H3;2*1-2H3;1H/b25-17-;;4-3+,21-11-;;;;;/t;14-;;;;;;/m.1....../s1. The number of amides is 3. The van der Waals surface area contributed by atoms with E-state index in [0.29, 0.717) is 52.3 Å². The molecule has 2 fully saturated rings. The summed E-state index contributed by atoms with van der Waals surface area (Å²) >= 11 is 3.46. The molecule has 7 rings (SSSR count). The zero-order valence-corrected chi connectivity index (χ0v) is 55.1. The molecule has 4 aromatic carbocycles. The van der Waals surface area contributed by atoms with Gasteiger partial charge in [0.25, 0.3) is 0 Å². The van der Waals surface area contributed by atoms with Crippen LogP contribution in [-0.2, 0) is 14.4 Å². The number of hydrazone groups is 2. The minimum absolute atomic E-state index is 0. The smallest absolute Gasteiger partial charge is 0.426 e. The van der Waals surface area contributed by atoms with Crippen molar-refractivity contribution in [3.05, 3.63) is 132 Å². The molecule has 3 atom stereocenters. The van der Waals surface area contributed by atoms with Crippen LogP contribution in [0.1, 0.15) is 160 Å². The number of halogens is 8. The predicted octanol–water partition coefficient (Wildman–Crippen LogP) is 18.8. The summed E-state index contributed by atoms with van der Waals surface area (Å²) in [7, 11) is 0. The third-order valence-corrected chi connectivity index (χ3v) is 14.5. The number of allylic oxidation sites excluding steroid dienone is 1. The molecule has 0 aromatic heterocycles. The lowest BCUT2D eigenvalue weighted by Crippen LogP contribution is -2.41. The zero-order valence-electron chi connectivity index (χ0n) is 53.5. The van der Waals surface area contributed by atoms with Gasteiger partial charge in [0.05, 0.1) is 33.6 Å². The normalized spacial score (nSPS) is 16.6. The van der Waals surface area contributed by atoms with Crippen LogP contribution in [0, 0.1) is 0 Å². The van der Waals surface area contributed by atoms with Gasteiger partial charge in [-0.05, 0) is 148 Å². The van der Waals surface area contributed by atoms with Gasteiger partial charge in [-0.25, -0.2) is 9.98 Å². The third kappa shape index (κ3) is 27.6. The summed E-state index contributed by atoms with van der Waals surface area (Å²) in [5.41, 5.74) is 11.6. The highest BCUT2D eigenvalue weighted by atomic mass is 32.2. The van der Waals surface area contributed by atoms with Crippen LogP contribution in [-0.4, -0.2) is 89.8 Å². The summed E-state index contributed by atoms with van der Waals surface area (Å²) in [5.74, 6) is 2.26. The number of aliphatic imine (C=N–C) groups is 2. The molecule has 3 amide bonds. The fourth-order valence-corrected chi connectivity index (χ4v) is 10.1. The number of thioether (sulfide) groups is 2. The Kier molecular flexibility index (Phi) is 36.9. The maximum atomic E-state index is 12.7. The molecule has 14 nitrogen and oxygen atoms in total. The van der Waals surface area contributed by atoms with E-state index in [4.69, 9.17) is 0 Å². The van der Waals surface area contributed by atoms with Crippen LogP contribution in [0.25, 0.3) is 0 Å². The Morgan fingerprint density at radius 1 is 0.708 bits per heavy atom. The van der Waals surface area contributed by atoms with E-state index in [1.807, 2.05) is 67.8 Å². The quantitative estimate of drug-likeness (QED) is 0.0429. The van der Waals surface area contributed by atoms with Crippen molar-refractivity contribution in [3.63, 3.8) is 0 Å². The van der Waals surface area contributed by atoms with E-state index in [2.05, 4.69) is 139 Å². The van der Waals surface area contributed by atoms with E-state index in [-0.39, 0.29) is 42.1 Å². The number of rotatable bonds is 16. The van der Waals surface area contributed by atoms with Gasteiger partial charge in [-0.2, -0.15) is 32.2 Å². The predicted molar refractivity (Wildman–Crippen MR) is 357 cm³/mol. The Morgan fingerprint density at radius 3 is 1.61 bits per heavy atom. The first kappa shape index (κ1) is 79.8. The van der Waals surface area contributed by atoms with E-state index >= 15 is 0 Å². The number of amidine groups is 2. The van der Waals surface area contributed by atoms with Gasteiger partial charge in [0.1, 0.15) is 11.5 Å². The number of benzene rings is 4. The van der Waals surface area contributed by atoms with E-state index in [0.717, 1.165) is 54.8 Å². The van der Waals surface area contributed by atoms with Crippen LogP contribution in [0.15, 0.2) is 141 Å². The highest BCUT2D eigenvalue weighted by Crippen LogP contribution is 2.39. The Bertz CT molecular complexity index is 2910. The first-order chi connectivity index (χ1) is 42.2. The maximum absolute atomic E-state index is 12.7. The number of hydrogen-bond acceptors (Lipinski definition) is 11. The second-order valence-electron chi connectivity index (χ2n) is 19.5. The van der Waals surface area contributed by atoms with Crippen molar-refractivity contribution in [2.24, 2.45) is 20.2 Å². The molecular formula is C65H91F8N9O5S2. The number of alkyl halides is 8. The molecule has 0 radical (unpaired) electrons. The van der Waals surface area contributed by atoms with Crippen molar-refractivity contribution >= 4 is 89.1 Å². The van der Waals surface area contributed by atoms with Crippen LogP contribution >= 0.6 is 23.5 Å². The summed E-state index contributed by atoms with van der Waals surface area (Å²) in [4.78, 5) is 46.9. The molecule has 0 bridgehead atoms. The highest BCUT2D eigenvalue weighted by Gasteiger charge is 2.61. The SMILES string of the molecule is C=N/C(=N\Nc1ccc(OC(F)(F)F)cc1)C1=CC(NC(=O)CC)CCC1.C=NC(/C=C/C)=N\Nc1ccc(OC(F)(F)C(F)(F)F)cc1.CC.CC.CC(C)c1ccccc1N1C(=O)CSC1C.CCC.CC[C@H]1SCC(=O)N1c1ccccc1C(C)C.[HH]. The van der Waals surface area contributed by atoms with Crippen molar-refractivity contribution in [2.45, 2.75) is 183 Å². The van der Waals surface area contributed by atoms with Gasteiger partial charge in [-0.15, -0.1) is 36.7 Å². The molecule has 2 unspecified atom stereocenters. The Balaban J connectivity index is 0.00000115. The second kappa shape index (κ2) is 41.2. The monoisotopic (exact) mass is 1290 g/mol. The van der Waals surface area contributed by atoms with Crippen molar-refractivity contribution in [1.82, 2.24) is 5.32 Å². The molecule has 89 heavy (non-hydrogen) atoms. The van der Waals surface area contributed by atoms with Crippen molar-refractivity contribution in [3.8, 4) is 11.5 Å². The van der Waals surface area contributed by atoms with Gasteiger partial charge in [-0.1, -0.05) is 138 Å². The molecule has 494 valence electrons. The molecule has 4 aromatic rings. The van der Waals surface area contributed by atoms with Crippen LogP contribution in [0.2, 0.25) is 0 Å². The van der Waals surface area contributed by atoms with Gasteiger partial charge in [0.15, 0.2) is 11.7 Å². The summed E-state index contributed by atoms with van der Waals surface area (Å²) in [6.45, 7) is 35.5. The van der Waals surface area contributed by atoms with E-state index in [1.54, 1.807) is 49.5 Å². The number of para-hydroxylation sites is 2. The fraction of sp³-hybridized carbons (Fsp3) is 0.462. The van der Waals surface area contributed by atoms with Crippen LogP contribution in [0.3, 0.4) is 0 Å². The Hall–Kier alpha value is -7.21. The molecule has 1 aliphatic carbocycles. The fourth-order valence-electron chi connectivity index (χ4n) is 8.11. The summed E-state index contributed by atoms with van der Waals surface area (Å²) in [6, 6.07) is 25.9. The number of nitrogens with one attached hydrogen (secondary N) is 3. The topological polar surface area (TPSA) is 162 Å². The number of hydrogen-bond donors (Lipinski definition) is 3. The van der Waals surface area contributed by atoms with Crippen molar-refractivity contribution < 1.29 is 60.4 Å². The third-order valence-electron chi connectivity index (χ3n) is 12.1. The first-order valence-corrected chi connectivity index (χ1v) is 31.7. The van der Waals surface area contributed by atoms with Gasteiger partial charge < -0.3 is 14.8 Å². The highest BCUT2D eigenvalue weighted by molar-refractivity contribution is 8.01. The maximum Gasteiger partial charge on any atom is 0.573 e. The Morgan fingerprint density at radius 2 is 1.18 bits per heavy atom. The molecular weight excluding hydrogens is 1200 g/mol. The second-order valence-corrected chi connectivity index (χ2v) is 22.0. The molecule has 0 saturated carbocycles. The average Bonchev–Trinajstić information content (AvgIpc) is 1.65. The van der Waals surface area contributed by atoms with Crippen LogP contribution in [0.4, 0.5) is 57.9 Å². The van der Waals surface area contributed by atoms with Gasteiger partial charge in [-0.3, -0.25) is 35.0 Å². The molecule has 3 aliphatic rings. The lowest BCUT2D eigenvalue weighted by molar-refractivity contribution is -0.360. The minimum Gasteiger partial charge on any atom is -0.426 e. The number of carbonyl (C=O) groups excluding carboxylic acids is 3. The van der Waals surface area contributed by atoms with Gasteiger partial charge >= 0.3 is 18.6 Å². The van der Waals surface area contributed by atoms with Crippen LogP contribution < -0.4 is 35.4 Å². The lowest BCUT2D eigenvalue weighted by Gasteiger charge is -2.26. The number of ether oxygens (including phenoxy) is 2. The molecule has 3 N–H and O–H groups in total. The molecule has 2 heterocycles. The zero-order chi connectivity index (χ0) is 67.5. The van der Waals surface area contributed by atoms with Crippen molar-refractivity contribution in [2.75, 3.05) is 32.2 Å². The largest absolute Gasteiger partial charge is 0.573 e. The minimum atomic E-state index is -5.79. The van der Waals surface area contributed by atoms with Crippen molar-refractivity contribution in [1.29, 1.82) is 0 Å². The number of anilines is 4. The van der Waals surface area contributed by atoms with Gasteiger partial charge in [0.2, 0.25) is 17.7 Å². The molecule has 24 heteroatoms. The number of nitrogens with zero attached hydrogens (tertiary/aromatic N) is 6. The average molecular weight is 1290 g/mol. The summed E-state index contributed by atoms with van der Waals surface area (Å²) in [5, 5.41) is 11.5. The van der Waals surface area contributed by atoms with E-state index in [1.165, 1.54) is 53.9 Å². The lowest BCUT2D eigenvalue weighted by atomic mass is 9.95. The summed E-state index contributed by atoms with van der Waals surface area (Å²) in [6.07, 6.45) is -5.51. The van der Waals surface area contributed by atoms with Gasteiger partial charge in [0, 0.05) is 25.3 Å². The van der Waals surface area contributed by atoms with E-state index < -0.39 is 24.4 Å². The van der Waals surface area contributed by atoms with Crippen LogP contribution in [0.5, 0.6) is 11.5 Å². The Labute approximate surface area is 531 Å². The van der Waals surface area contributed by atoms with E-state index in [9.17, 15) is 49.5 Å². The first-order valence-electron chi connectivity index (χ1n) is 29.6.